The second-order valence-corrected chi connectivity index (χ2v) is 11.8. The van der Waals surface area contributed by atoms with Gasteiger partial charge in [0.1, 0.15) is 5.00 Å². The maximum atomic E-state index is 2.42. The second-order valence-electron chi connectivity index (χ2n) is 9.61. The van der Waals surface area contributed by atoms with Crippen molar-refractivity contribution in [1.29, 1.82) is 0 Å². The van der Waals surface area contributed by atoms with Crippen LogP contribution < -0.4 is 4.90 Å². The van der Waals surface area contributed by atoms with Crippen LogP contribution in [0.1, 0.15) is 22.4 Å². The van der Waals surface area contributed by atoms with Crippen LogP contribution in [0.5, 0.6) is 0 Å². The van der Waals surface area contributed by atoms with Gasteiger partial charge in [0.05, 0.1) is 9.70 Å². The molecule has 2 nitrogen and oxygen atoms in total. The highest BCUT2D eigenvalue weighted by Gasteiger charge is 2.21. The smallest absolute Gasteiger partial charge is 0.102 e. The number of thiophene rings is 2. The molecule has 1 aliphatic rings. The molecule has 7 rings (SSSR count). The van der Waals surface area contributed by atoms with E-state index in [1.165, 1.54) is 65.0 Å². The highest BCUT2D eigenvalue weighted by Crippen LogP contribution is 2.47. The van der Waals surface area contributed by atoms with Crippen LogP contribution >= 0.6 is 22.7 Å². The molecule has 3 aromatic carbocycles. The summed E-state index contributed by atoms with van der Waals surface area (Å²) < 4.78 is 3.68. The Labute approximate surface area is 219 Å². The molecule has 0 amide bonds. The molecule has 3 heterocycles. The Hall–Kier alpha value is -3.60. The minimum atomic E-state index is 1.10. The number of fused-ring (bicyclic) bond motifs is 4. The van der Waals surface area contributed by atoms with E-state index in [0.717, 1.165) is 12.8 Å². The molecule has 0 fully saturated rings. The largest absolute Gasteiger partial charge is 0.319 e. The lowest BCUT2D eigenvalue weighted by Gasteiger charge is -2.26. The standard InChI is InChI=1S/C32H26N2S2/c1-21-16-22(2)33(19-21)30-20-35-32-29(30)18-31(36-32)34(25-9-4-3-5-10-25)26-15-14-24-13-12-23-8-6-7-11-27(23)28(24)17-26/h3-11,14-20H,12-13H2,1-2H3. The first kappa shape index (κ1) is 21.7. The summed E-state index contributed by atoms with van der Waals surface area (Å²) in [7, 11) is 0. The van der Waals surface area contributed by atoms with Gasteiger partial charge in [-0.3, -0.25) is 0 Å². The maximum absolute atomic E-state index is 2.42. The van der Waals surface area contributed by atoms with E-state index in [1.807, 2.05) is 22.7 Å². The minimum absolute atomic E-state index is 1.10. The van der Waals surface area contributed by atoms with Crippen molar-refractivity contribution in [2.75, 3.05) is 4.90 Å². The SMILES string of the molecule is Cc1cc(C)n(-c2csc3sc(N(c4ccccc4)c4ccc5c(c4)-c4ccccc4CC5)cc23)c1. The number of rotatable bonds is 4. The fourth-order valence-corrected chi connectivity index (χ4v) is 7.81. The summed E-state index contributed by atoms with van der Waals surface area (Å²) in [5.74, 6) is 0. The Morgan fingerprint density at radius 1 is 0.750 bits per heavy atom. The molecule has 6 aromatic rings. The van der Waals surface area contributed by atoms with E-state index < -0.39 is 0 Å². The Bertz CT molecular complexity index is 1720. The normalized spacial score (nSPS) is 12.5. The summed E-state index contributed by atoms with van der Waals surface area (Å²) in [6.45, 7) is 4.35. The van der Waals surface area contributed by atoms with Gasteiger partial charge in [0, 0.05) is 34.0 Å². The number of hydrogen-bond acceptors (Lipinski definition) is 3. The molecular weight excluding hydrogens is 477 g/mol. The van der Waals surface area contributed by atoms with E-state index in [9.17, 15) is 0 Å². The number of anilines is 3. The third-order valence-corrected chi connectivity index (χ3v) is 9.43. The van der Waals surface area contributed by atoms with E-state index in [1.54, 1.807) is 0 Å². The molecule has 0 saturated carbocycles. The fraction of sp³-hybridized carbons (Fsp3) is 0.125. The Morgan fingerprint density at radius 3 is 2.33 bits per heavy atom. The predicted molar refractivity (Wildman–Crippen MR) is 156 cm³/mol. The van der Waals surface area contributed by atoms with Gasteiger partial charge in [0.15, 0.2) is 0 Å². The molecule has 4 heteroatoms. The van der Waals surface area contributed by atoms with Crippen molar-refractivity contribution in [1.82, 2.24) is 4.57 Å². The first-order chi connectivity index (χ1) is 17.7. The van der Waals surface area contributed by atoms with Gasteiger partial charge in [-0.2, -0.15) is 0 Å². The van der Waals surface area contributed by atoms with Crippen LogP contribution in [0, 0.1) is 13.8 Å². The molecule has 0 atom stereocenters. The van der Waals surface area contributed by atoms with E-state index in [-0.39, 0.29) is 0 Å². The molecule has 0 bridgehead atoms. The van der Waals surface area contributed by atoms with Gasteiger partial charge < -0.3 is 9.47 Å². The molecule has 0 saturated heterocycles. The lowest BCUT2D eigenvalue weighted by Crippen LogP contribution is -2.10. The first-order valence-electron chi connectivity index (χ1n) is 12.4. The lowest BCUT2D eigenvalue weighted by atomic mass is 9.85. The van der Waals surface area contributed by atoms with E-state index in [2.05, 4.69) is 120 Å². The molecule has 3 aromatic heterocycles. The number of para-hydroxylation sites is 1. The molecule has 0 spiro atoms. The van der Waals surface area contributed by atoms with Gasteiger partial charge in [-0.1, -0.05) is 48.5 Å². The van der Waals surface area contributed by atoms with Crippen molar-refractivity contribution in [2.45, 2.75) is 26.7 Å². The van der Waals surface area contributed by atoms with Crippen LogP contribution in [-0.4, -0.2) is 4.57 Å². The van der Waals surface area contributed by atoms with Crippen LogP contribution in [0.15, 0.2) is 96.5 Å². The van der Waals surface area contributed by atoms with Gasteiger partial charge in [0.25, 0.3) is 0 Å². The monoisotopic (exact) mass is 502 g/mol. The quantitative estimate of drug-likeness (QED) is 0.233. The Morgan fingerprint density at radius 2 is 1.53 bits per heavy atom. The summed E-state index contributed by atoms with van der Waals surface area (Å²) in [4.78, 5) is 2.42. The van der Waals surface area contributed by atoms with Crippen molar-refractivity contribution in [3.05, 3.63) is 119 Å². The lowest BCUT2D eigenvalue weighted by molar-refractivity contribution is 0.941. The molecule has 0 unspecified atom stereocenters. The van der Waals surface area contributed by atoms with E-state index in [0.29, 0.717) is 0 Å². The van der Waals surface area contributed by atoms with Gasteiger partial charge in [-0.25, -0.2) is 0 Å². The minimum Gasteiger partial charge on any atom is -0.319 e. The van der Waals surface area contributed by atoms with Crippen LogP contribution in [0.3, 0.4) is 0 Å². The number of nitrogens with zero attached hydrogens (tertiary/aromatic N) is 2. The topological polar surface area (TPSA) is 8.17 Å². The van der Waals surface area contributed by atoms with Crippen molar-refractivity contribution in [2.24, 2.45) is 0 Å². The zero-order valence-corrected chi connectivity index (χ0v) is 22.0. The summed E-state index contributed by atoms with van der Waals surface area (Å²) in [6.07, 6.45) is 4.46. The summed E-state index contributed by atoms with van der Waals surface area (Å²) >= 11 is 3.72. The van der Waals surface area contributed by atoms with Crippen LogP contribution in [0.4, 0.5) is 16.4 Å². The average Bonchev–Trinajstić information content (AvgIpc) is 3.58. The Balaban J connectivity index is 1.40. The van der Waals surface area contributed by atoms with Crippen LogP contribution in [-0.2, 0) is 12.8 Å². The van der Waals surface area contributed by atoms with E-state index in [4.69, 9.17) is 0 Å². The van der Waals surface area contributed by atoms with E-state index >= 15 is 0 Å². The molecule has 0 aliphatic heterocycles. The number of aryl methyl sites for hydroxylation is 4. The van der Waals surface area contributed by atoms with Gasteiger partial charge in [-0.05, 0) is 90.9 Å². The van der Waals surface area contributed by atoms with Gasteiger partial charge in [0.2, 0.25) is 0 Å². The van der Waals surface area contributed by atoms with Crippen LogP contribution in [0.2, 0.25) is 0 Å². The third-order valence-electron chi connectivity index (χ3n) is 7.20. The summed E-state index contributed by atoms with van der Waals surface area (Å²) in [5.41, 5.74) is 11.9. The number of benzene rings is 3. The molecular formula is C32H26N2S2. The summed E-state index contributed by atoms with van der Waals surface area (Å²) in [6, 6.07) is 31.3. The predicted octanol–water partition coefficient (Wildman–Crippen LogP) is 9.61. The van der Waals surface area contributed by atoms with Crippen molar-refractivity contribution in [3.8, 4) is 16.8 Å². The molecule has 176 valence electrons. The Kier molecular flexibility index (Phi) is 5.12. The average molecular weight is 503 g/mol. The van der Waals surface area contributed by atoms with Crippen molar-refractivity contribution >= 4 is 48.4 Å². The summed E-state index contributed by atoms with van der Waals surface area (Å²) in [5, 5.41) is 4.86. The molecule has 36 heavy (non-hydrogen) atoms. The number of hydrogen-bond donors (Lipinski definition) is 0. The first-order valence-corrected chi connectivity index (χ1v) is 14.1. The molecule has 0 N–H and O–H groups in total. The van der Waals surface area contributed by atoms with Gasteiger partial charge >= 0.3 is 0 Å². The van der Waals surface area contributed by atoms with Crippen molar-refractivity contribution in [3.63, 3.8) is 0 Å². The third kappa shape index (κ3) is 3.52. The molecule has 1 aliphatic carbocycles. The zero-order valence-electron chi connectivity index (χ0n) is 20.4. The van der Waals surface area contributed by atoms with Gasteiger partial charge in [-0.15, -0.1) is 22.7 Å². The fourth-order valence-electron chi connectivity index (χ4n) is 5.52. The van der Waals surface area contributed by atoms with Crippen LogP contribution in [0.25, 0.3) is 26.2 Å². The highest BCUT2D eigenvalue weighted by atomic mass is 32.2. The maximum Gasteiger partial charge on any atom is 0.102 e. The zero-order chi connectivity index (χ0) is 24.2. The number of aromatic nitrogens is 1. The van der Waals surface area contributed by atoms with Crippen molar-refractivity contribution < 1.29 is 0 Å². The second kappa shape index (κ2) is 8.51. The molecule has 0 radical (unpaired) electrons. The highest BCUT2D eigenvalue weighted by molar-refractivity contribution is 7.39.